The molecule has 2 aromatic rings. The summed E-state index contributed by atoms with van der Waals surface area (Å²) in [4.78, 5) is 0. The van der Waals surface area contributed by atoms with Crippen molar-refractivity contribution in [3.05, 3.63) is 47.9 Å². The lowest BCUT2D eigenvalue weighted by molar-refractivity contribution is 0.567. The van der Waals surface area contributed by atoms with Gasteiger partial charge < -0.3 is 4.42 Å². The summed E-state index contributed by atoms with van der Waals surface area (Å²) in [6.07, 6.45) is 3.17. The first-order valence-corrected chi connectivity index (χ1v) is 3.94. The molecule has 0 N–H and O–H groups in total. The Morgan fingerprint density at radius 3 is 2.92 bits per heavy atom. The lowest BCUT2D eigenvalue weighted by Crippen LogP contribution is -1.72. The summed E-state index contributed by atoms with van der Waals surface area (Å²) in [5.41, 5.74) is 1.95. The fourth-order valence-corrected chi connectivity index (χ4v) is 1.23. The summed E-state index contributed by atoms with van der Waals surface area (Å²) in [7, 11) is 0. The lowest BCUT2D eigenvalue weighted by atomic mass is 10.1. The molecular weight excluding hydrogens is 172 g/mol. The summed E-state index contributed by atoms with van der Waals surface area (Å²) >= 11 is 5.82. The molecule has 0 aliphatic carbocycles. The molecule has 1 aromatic carbocycles. The van der Waals surface area contributed by atoms with Crippen LogP contribution in [0.4, 0.5) is 0 Å². The number of benzene rings is 1. The number of hydrogen-bond acceptors (Lipinski definition) is 1. The van der Waals surface area contributed by atoms with E-state index in [4.69, 9.17) is 16.0 Å². The second-order valence-electron chi connectivity index (χ2n) is 2.44. The maximum absolute atomic E-state index is 5.82. The van der Waals surface area contributed by atoms with Crippen LogP contribution in [0.1, 0.15) is 0 Å². The standard InChI is InChI=1S/C10H6ClO/c11-10-3-1-2-8(6-10)9-4-5-12-7-9/h1-3,5-7H. The van der Waals surface area contributed by atoms with E-state index in [-0.39, 0.29) is 0 Å². The molecule has 1 aromatic heterocycles. The molecule has 12 heavy (non-hydrogen) atoms. The number of hydrogen-bond donors (Lipinski definition) is 0. The van der Waals surface area contributed by atoms with Crippen molar-refractivity contribution in [1.82, 2.24) is 0 Å². The van der Waals surface area contributed by atoms with E-state index in [0.29, 0.717) is 0 Å². The molecule has 1 nitrogen and oxygen atoms in total. The molecule has 2 rings (SSSR count). The van der Waals surface area contributed by atoms with Crippen LogP contribution in [-0.4, -0.2) is 0 Å². The minimum absolute atomic E-state index is 0.724. The second kappa shape index (κ2) is 3.03. The van der Waals surface area contributed by atoms with Crippen LogP contribution in [0, 0.1) is 6.07 Å². The van der Waals surface area contributed by atoms with Crippen LogP contribution in [-0.2, 0) is 0 Å². The molecule has 1 heterocycles. The van der Waals surface area contributed by atoms with Gasteiger partial charge in [-0.1, -0.05) is 23.7 Å². The molecule has 2 heteroatoms. The molecule has 1 radical (unpaired) electrons. The molecule has 0 bridgehead atoms. The molecule has 0 fully saturated rings. The van der Waals surface area contributed by atoms with Gasteiger partial charge in [0.25, 0.3) is 0 Å². The molecule has 0 spiro atoms. The van der Waals surface area contributed by atoms with E-state index in [2.05, 4.69) is 6.07 Å². The highest BCUT2D eigenvalue weighted by atomic mass is 35.5. The average molecular weight is 178 g/mol. The Bertz CT molecular complexity index is 365. The Morgan fingerprint density at radius 2 is 2.25 bits per heavy atom. The normalized spacial score (nSPS) is 10.1. The Labute approximate surface area is 75.6 Å². The minimum Gasteiger partial charge on any atom is -0.471 e. The van der Waals surface area contributed by atoms with E-state index in [1.807, 2.05) is 24.3 Å². The third-order valence-corrected chi connectivity index (χ3v) is 1.84. The largest absolute Gasteiger partial charge is 0.471 e. The highest BCUT2D eigenvalue weighted by Crippen LogP contribution is 2.21. The molecule has 0 saturated heterocycles. The van der Waals surface area contributed by atoms with Gasteiger partial charge in [-0.3, -0.25) is 0 Å². The Balaban J connectivity index is 2.48. The number of rotatable bonds is 1. The SMILES string of the molecule is Clc1cccc(-c2[c]coc2)c1. The molecule has 59 valence electrons. The van der Waals surface area contributed by atoms with E-state index in [9.17, 15) is 0 Å². The quantitative estimate of drug-likeness (QED) is 0.651. The molecule has 0 amide bonds. The van der Waals surface area contributed by atoms with E-state index >= 15 is 0 Å². The van der Waals surface area contributed by atoms with Gasteiger partial charge in [0.05, 0.1) is 12.5 Å². The van der Waals surface area contributed by atoms with Crippen LogP contribution >= 0.6 is 11.6 Å². The zero-order valence-electron chi connectivity index (χ0n) is 6.25. The molecule has 0 aliphatic heterocycles. The van der Waals surface area contributed by atoms with Gasteiger partial charge in [-0.15, -0.1) is 0 Å². The van der Waals surface area contributed by atoms with Crippen molar-refractivity contribution in [3.63, 3.8) is 0 Å². The number of halogens is 1. The maximum Gasteiger partial charge on any atom is 0.0988 e. The third-order valence-electron chi connectivity index (χ3n) is 1.60. The van der Waals surface area contributed by atoms with E-state index in [0.717, 1.165) is 16.1 Å². The molecular formula is C10H6ClO. The van der Waals surface area contributed by atoms with Gasteiger partial charge in [0.2, 0.25) is 0 Å². The van der Waals surface area contributed by atoms with Crippen molar-refractivity contribution in [3.8, 4) is 11.1 Å². The van der Waals surface area contributed by atoms with Gasteiger partial charge >= 0.3 is 0 Å². The monoisotopic (exact) mass is 177 g/mol. The topological polar surface area (TPSA) is 13.1 Å². The summed E-state index contributed by atoms with van der Waals surface area (Å²) in [5.74, 6) is 0. The fourth-order valence-electron chi connectivity index (χ4n) is 1.04. The average Bonchev–Trinajstić information content (AvgIpc) is 2.56. The van der Waals surface area contributed by atoms with E-state index < -0.39 is 0 Å². The van der Waals surface area contributed by atoms with Crippen molar-refractivity contribution >= 4 is 11.6 Å². The van der Waals surface area contributed by atoms with Crippen molar-refractivity contribution in [1.29, 1.82) is 0 Å². The van der Waals surface area contributed by atoms with Gasteiger partial charge in [-0.25, -0.2) is 0 Å². The van der Waals surface area contributed by atoms with E-state index in [1.165, 1.54) is 6.26 Å². The van der Waals surface area contributed by atoms with Gasteiger partial charge in [-0.2, -0.15) is 0 Å². The lowest BCUT2D eigenvalue weighted by Gasteiger charge is -1.95. The zero-order chi connectivity index (χ0) is 8.39. The zero-order valence-corrected chi connectivity index (χ0v) is 7.01. The van der Waals surface area contributed by atoms with Crippen molar-refractivity contribution < 1.29 is 4.42 Å². The van der Waals surface area contributed by atoms with Crippen LogP contribution < -0.4 is 0 Å². The fraction of sp³-hybridized carbons (Fsp3) is 0. The summed E-state index contributed by atoms with van der Waals surface area (Å²) in [6.45, 7) is 0. The van der Waals surface area contributed by atoms with Crippen molar-refractivity contribution in [2.75, 3.05) is 0 Å². The maximum atomic E-state index is 5.82. The van der Waals surface area contributed by atoms with Crippen LogP contribution in [0.15, 0.2) is 41.2 Å². The van der Waals surface area contributed by atoms with Gasteiger partial charge in [0, 0.05) is 16.7 Å². The molecule has 0 aliphatic rings. The van der Waals surface area contributed by atoms with Gasteiger partial charge in [0.1, 0.15) is 0 Å². The van der Waals surface area contributed by atoms with Crippen LogP contribution in [0.3, 0.4) is 0 Å². The first-order chi connectivity index (χ1) is 5.86. The van der Waals surface area contributed by atoms with Crippen LogP contribution in [0.5, 0.6) is 0 Å². The summed E-state index contributed by atoms with van der Waals surface area (Å²) < 4.78 is 4.91. The van der Waals surface area contributed by atoms with Crippen LogP contribution in [0.2, 0.25) is 5.02 Å². The Kier molecular flexibility index (Phi) is 1.88. The molecule has 0 unspecified atom stereocenters. The first-order valence-electron chi connectivity index (χ1n) is 3.56. The highest BCUT2D eigenvalue weighted by Gasteiger charge is 1.98. The molecule has 0 saturated carbocycles. The van der Waals surface area contributed by atoms with Gasteiger partial charge in [-0.05, 0) is 17.7 Å². The Hall–Kier alpha value is -1.21. The van der Waals surface area contributed by atoms with Gasteiger partial charge in [0.15, 0.2) is 0 Å². The summed E-state index contributed by atoms with van der Waals surface area (Å²) in [6, 6.07) is 10.5. The van der Waals surface area contributed by atoms with Crippen molar-refractivity contribution in [2.24, 2.45) is 0 Å². The Morgan fingerprint density at radius 1 is 1.33 bits per heavy atom. The first kappa shape index (κ1) is 7.44. The third kappa shape index (κ3) is 1.36. The number of furan rings is 1. The molecule has 0 atom stereocenters. The smallest absolute Gasteiger partial charge is 0.0988 e. The van der Waals surface area contributed by atoms with E-state index in [1.54, 1.807) is 6.26 Å². The van der Waals surface area contributed by atoms with Crippen LogP contribution in [0.25, 0.3) is 11.1 Å². The predicted molar refractivity (Wildman–Crippen MR) is 48.0 cm³/mol. The minimum atomic E-state index is 0.724. The van der Waals surface area contributed by atoms with Crippen molar-refractivity contribution in [2.45, 2.75) is 0 Å². The predicted octanol–water partition coefficient (Wildman–Crippen LogP) is 3.40. The second-order valence-corrected chi connectivity index (χ2v) is 2.88. The highest BCUT2D eigenvalue weighted by molar-refractivity contribution is 6.30. The summed E-state index contributed by atoms with van der Waals surface area (Å²) in [5, 5.41) is 0.724.